The van der Waals surface area contributed by atoms with Crippen molar-refractivity contribution >= 4 is 5.97 Å². The first kappa shape index (κ1) is 13.6. The summed E-state index contributed by atoms with van der Waals surface area (Å²) in [6.07, 6.45) is 12.2. The van der Waals surface area contributed by atoms with Gasteiger partial charge in [0, 0.05) is 5.57 Å². The van der Waals surface area contributed by atoms with Crippen LogP contribution < -0.4 is 0 Å². The number of hydrogen-bond acceptors (Lipinski definition) is 1. The van der Waals surface area contributed by atoms with Gasteiger partial charge in [0.05, 0.1) is 0 Å². The second kappa shape index (κ2) is 5.07. The molecule has 1 atom stereocenters. The molecule has 2 rings (SSSR count). The van der Waals surface area contributed by atoms with Crippen LogP contribution in [0.25, 0.3) is 0 Å². The molecule has 2 fully saturated rings. The van der Waals surface area contributed by atoms with Crippen molar-refractivity contribution in [1.29, 1.82) is 0 Å². The molecule has 1 unspecified atom stereocenters. The average molecular weight is 250 g/mol. The Bertz CT molecular complexity index is 339. The Morgan fingerprint density at radius 3 is 2.06 bits per heavy atom. The molecule has 0 bridgehead atoms. The Balaban J connectivity index is 2.26. The van der Waals surface area contributed by atoms with Crippen LogP contribution in [0.3, 0.4) is 0 Å². The molecule has 2 saturated carbocycles. The van der Waals surface area contributed by atoms with Crippen molar-refractivity contribution in [3.05, 3.63) is 12.2 Å². The molecule has 0 heterocycles. The molecule has 1 spiro atoms. The molecule has 0 aromatic carbocycles. The zero-order chi connectivity index (χ0) is 13.2. The first-order chi connectivity index (χ1) is 8.55. The fraction of sp³-hybridized carbons (Fsp3) is 0.812. The summed E-state index contributed by atoms with van der Waals surface area (Å²) in [5.74, 6) is -0.804. The molecule has 2 heteroatoms. The molecule has 18 heavy (non-hydrogen) atoms. The van der Waals surface area contributed by atoms with E-state index < -0.39 is 5.97 Å². The second-order valence-corrected chi connectivity index (χ2v) is 6.41. The lowest BCUT2D eigenvalue weighted by Gasteiger charge is -2.53. The monoisotopic (exact) mass is 250 g/mol. The van der Waals surface area contributed by atoms with Gasteiger partial charge in [0.25, 0.3) is 0 Å². The Labute approximate surface area is 110 Å². The maximum Gasteiger partial charge on any atom is 0.330 e. The van der Waals surface area contributed by atoms with Gasteiger partial charge < -0.3 is 5.11 Å². The van der Waals surface area contributed by atoms with Gasteiger partial charge in [-0.15, -0.1) is 0 Å². The predicted octanol–water partition coefficient (Wildman–Crippen LogP) is 4.55. The summed E-state index contributed by atoms with van der Waals surface area (Å²) in [5.41, 5.74) is 1.07. The van der Waals surface area contributed by atoms with Crippen LogP contribution in [-0.4, -0.2) is 11.1 Å². The number of rotatable bonds is 4. The van der Waals surface area contributed by atoms with Crippen molar-refractivity contribution in [2.24, 2.45) is 10.8 Å². The summed E-state index contributed by atoms with van der Waals surface area (Å²) in [6, 6.07) is 0. The lowest BCUT2D eigenvalue weighted by Crippen LogP contribution is -2.43. The van der Waals surface area contributed by atoms with E-state index in [1.165, 1.54) is 51.4 Å². The largest absolute Gasteiger partial charge is 0.478 e. The second-order valence-electron chi connectivity index (χ2n) is 6.41. The molecular formula is C16H26O2. The number of carboxylic acid groups (broad SMARTS) is 1. The standard InChI is InChI=1S/C16H26O2/c1-3-15(12-13(2)14(17)18)8-4-5-9-16(15)10-6-7-11-16/h2-12H2,1H3,(H,17,18). The number of carboxylic acids is 1. The highest BCUT2D eigenvalue weighted by molar-refractivity contribution is 5.85. The molecule has 2 aliphatic carbocycles. The molecule has 0 saturated heterocycles. The molecule has 0 aromatic rings. The van der Waals surface area contributed by atoms with Crippen LogP contribution in [0.1, 0.15) is 71.1 Å². The number of carbonyl (C=O) groups is 1. The van der Waals surface area contributed by atoms with Crippen LogP contribution in [-0.2, 0) is 4.79 Å². The molecule has 0 radical (unpaired) electrons. The zero-order valence-electron chi connectivity index (χ0n) is 11.6. The highest BCUT2D eigenvalue weighted by Gasteiger charge is 2.52. The van der Waals surface area contributed by atoms with Crippen molar-refractivity contribution in [3.63, 3.8) is 0 Å². The summed E-state index contributed by atoms with van der Waals surface area (Å²) >= 11 is 0. The van der Waals surface area contributed by atoms with E-state index in [-0.39, 0.29) is 5.41 Å². The van der Waals surface area contributed by atoms with Gasteiger partial charge in [-0.2, -0.15) is 0 Å². The highest BCUT2D eigenvalue weighted by Crippen LogP contribution is 2.63. The van der Waals surface area contributed by atoms with E-state index in [1.807, 2.05) is 0 Å². The van der Waals surface area contributed by atoms with Crippen LogP contribution in [0.4, 0.5) is 0 Å². The van der Waals surface area contributed by atoms with E-state index in [1.54, 1.807) is 0 Å². The Morgan fingerprint density at radius 2 is 1.61 bits per heavy atom. The molecule has 1 N–H and O–H groups in total. The quantitative estimate of drug-likeness (QED) is 0.743. The van der Waals surface area contributed by atoms with Crippen molar-refractivity contribution in [3.8, 4) is 0 Å². The molecule has 2 nitrogen and oxygen atoms in total. The highest BCUT2D eigenvalue weighted by atomic mass is 16.4. The van der Waals surface area contributed by atoms with Gasteiger partial charge in [0.1, 0.15) is 0 Å². The molecule has 0 aromatic heterocycles. The molecular weight excluding hydrogens is 224 g/mol. The third kappa shape index (κ3) is 2.10. The van der Waals surface area contributed by atoms with Crippen LogP contribution in [0.15, 0.2) is 12.2 Å². The van der Waals surface area contributed by atoms with Crippen LogP contribution in [0.2, 0.25) is 0 Å². The van der Waals surface area contributed by atoms with E-state index in [9.17, 15) is 4.79 Å². The summed E-state index contributed by atoms with van der Waals surface area (Å²) in [6.45, 7) is 6.05. The van der Waals surface area contributed by atoms with Gasteiger partial charge in [0.2, 0.25) is 0 Å². The van der Waals surface area contributed by atoms with E-state index in [2.05, 4.69) is 13.5 Å². The maximum atomic E-state index is 11.1. The zero-order valence-corrected chi connectivity index (χ0v) is 11.6. The summed E-state index contributed by atoms with van der Waals surface area (Å²) in [5, 5.41) is 9.15. The van der Waals surface area contributed by atoms with Crippen molar-refractivity contribution < 1.29 is 9.90 Å². The lowest BCUT2D eigenvalue weighted by atomic mass is 9.52. The Morgan fingerprint density at radius 1 is 1.11 bits per heavy atom. The van der Waals surface area contributed by atoms with Crippen molar-refractivity contribution in [2.75, 3.05) is 0 Å². The van der Waals surface area contributed by atoms with Gasteiger partial charge in [-0.1, -0.05) is 39.2 Å². The minimum atomic E-state index is -0.804. The third-order valence-corrected chi connectivity index (χ3v) is 5.78. The van der Waals surface area contributed by atoms with Crippen molar-refractivity contribution in [2.45, 2.75) is 71.1 Å². The van der Waals surface area contributed by atoms with Crippen molar-refractivity contribution in [1.82, 2.24) is 0 Å². The first-order valence-corrected chi connectivity index (χ1v) is 7.46. The van der Waals surface area contributed by atoms with Gasteiger partial charge in [-0.25, -0.2) is 4.79 Å². The van der Waals surface area contributed by atoms with Gasteiger partial charge in [-0.3, -0.25) is 0 Å². The van der Waals surface area contributed by atoms with Crippen LogP contribution in [0.5, 0.6) is 0 Å². The van der Waals surface area contributed by atoms with Gasteiger partial charge in [0.15, 0.2) is 0 Å². The lowest BCUT2D eigenvalue weighted by molar-refractivity contribution is -0.133. The fourth-order valence-corrected chi connectivity index (χ4v) is 4.73. The molecule has 102 valence electrons. The minimum absolute atomic E-state index is 0.219. The third-order valence-electron chi connectivity index (χ3n) is 5.78. The summed E-state index contributed by atoms with van der Waals surface area (Å²) < 4.78 is 0. The fourth-order valence-electron chi connectivity index (χ4n) is 4.73. The first-order valence-electron chi connectivity index (χ1n) is 7.46. The predicted molar refractivity (Wildman–Crippen MR) is 73.5 cm³/mol. The van der Waals surface area contributed by atoms with Gasteiger partial charge >= 0.3 is 5.97 Å². The van der Waals surface area contributed by atoms with E-state index in [0.29, 0.717) is 17.4 Å². The van der Waals surface area contributed by atoms with E-state index >= 15 is 0 Å². The Kier molecular flexibility index (Phi) is 3.84. The normalized spacial score (nSPS) is 30.5. The van der Waals surface area contributed by atoms with E-state index in [4.69, 9.17) is 5.11 Å². The minimum Gasteiger partial charge on any atom is -0.478 e. The van der Waals surface area contributed by atoms with Crippen LogP contribution in [0, 0.1) is 10.8 Å². The maximum absolute atomic E-state index is 11.1. The molecule has 0 amide bonds. The average Bonchev–Trinajstić information content (AvgIpc) is 2.82. The van der Waals surface area contributed by atoms with Crippen LogP contribution >= 0.6 is 0 Å². The smallest absolute Gasteiger partial charge is 0.330 e. The Hall–Kier alpha value is -0.790. The van der Waals surface area contributed by atoms with Gasteiger partial charge in [-0.05, 0) is 49.4 Å². The summed E-state index contributed by atoms with van der Waals surface area (Å²) in [7, 11) is 0. The number of hydrogen-bond donors (Lipinski definition) is 1. The molecule has 0 aliphatic heterocycles. The topological polar surface area (TPSA) is 37.3 Å². The molecule has 2 aliphatic rings. The summed E-state index contributed by atoms with van der Waals surface area (Å²) in [4.78, 5) is 11.1. The van der Waals surface area contributed by atoms with E-state index in [0.717, 1.165) is 6.42 Å². The number of aliphatic carboxylic acids is 1. The SMILES string of the molecule is C=C(CC1(CC)CCCCC12CCCC2)C(=O)O.